The molecule has 12 heteroatoms. The van der Waals surface area contributed by atoms with Gasteiger partial charge >= 0.3 is 12.1 Å². The molecule has 1 aromatic carbocycles. The van der Waals surface area contributed by atoms with Gasteiger partial charge in [0.05, 0.1) is 12.0 Å². The molecule has 0 unspecified atom stereocenters. The molecule has 0 saturated carbocycles. The van der Waals surface area contributed by atoms with Gasteiger partial charge in [-0.3, -0.25) is 19.2 Å². The van der Waals surface area contributed by atoms with Crippen LogP contribution in [0, 0.1) is 0 Å². The number of carbonyl (C=O) groups excluding carboxylic acids is 3. The third-order valence-corrected chi connectivity index (χ3v) is 5.60. The fraction of sp³-hybridized carbons (Fsp3) is 0.391. The second kappa shape index (κ2) is 10.7. The van der Waals surface area contributed by atoms with Crippen LogP contribution >= 0.6 is 0 Å². The third-order valence-electron chi connectivity index (χ3n) is 5.60. The number of carbonyl (C=O) groups is 4. The van der Waals surface area contributed by atoms with E-state index in [-0.39, 0.29) is 30.0 Å². The summed E-state index contributed by atoms with van der Waals surface area (Å²) in [6.07, 6.45) is -4.21. The lowest BCUT2D eigenvalue weighted by Gasteiger charge is -2.34. The minimum atomic E-state index is -4.65. The summed E-state index contributed by atoms with van der Waals surface area (Å²) in [5.74, 6) is -4.61. The van der Waals surface area contributed by atoms with E-state index in [1.54, 1.807) is 0 Å². The number of halogens is 4. The Morgan fingerprint density at radius 3 is 2.49 bits per heavy atom. The highest BCUT2D eigenvalue weighted by atomic mass is 19.4. The number of ketones is 1. The lowest BCUT2D eigenvalue weighted by Crippen LogP contribution is -2.55. The number of carboxylic acid groups (broad SMARTS) is 1. The molecule has 188 valence electrons. The number of furan rings is 1. The molecule has 3 rings (SSSR count). The number of hydrogen-bond donors (Lipinski definition) is 2. The van der Waals surface area contributed by atoms with Gasteiger partial charge in [0.25, 0.3) is 5.91 Å². The molecule has 1 aromatic heterocycles. The number of amides is 2. The number of aliphatic carboxylic acids is 1. The van der Waals surface area contributed by atoms with E-state index in [1.807, 2.05) is 0 Å². The molecule has 2 N–H and O–H groups in total. The van der Waals surface area contributed by atoms with Gasteiger partial charge in [-0.05, 0) is 37.5 Å². The van der Waals surface area contributed by atoms with E-state index >= 15 is 0 Å². The van der Waals surface area contributed by atoms with Crippen LogP contribution in [0.1, 0.15) is 41.8 Å². The van der Waals surface area contributed by atoms with Crippen LogP contribution in [0.3, 0.4) is 0 Å². The van der Waals surface area contributed by atoms with Crippen LogP contribution in [-0.2, 0) is 20.6 Å². The lowest BCUT2D eigenvalue weighted by molar-refractivity contribution is -0.141. The van der Waals surface area contributed by atoms with Crippen LogP contribution in [0.2, 0.25) is 0 Å². The number of Topliss-reactive ketones (excluding diaryl/α,β-unsaturated/α-hetero) is 1. The maximum absolute atomic E-state index is 13.4. The van der Waals surface area contributed by atoms with Crippen LogP contribution in [0.15, 0.2) is 40.8 Å². The third kappa shape index (κ3) is 6.06. The molecule has 1 aliphatic heterocycles. The van der Waals surface area contributed by atoms with Gasteiger partial charge in [0, 0.05) is 12.1 Å². The van der Waals surface area contributed by atoms with Gasteiger partial charge in [0.1, 0.15) is 24.5 Å². The molecular formula is C23H22F4N2O6. The van der Waals surface area contributed by atoms with Crippen molar-refractivity contribution in [2.24, 2.45) is 0 Å². The van der Waals surface area contributed by atoms with Crippen molar-refractivity contribution in [1.82, 2.24) is 10.2 Å². The highest BCUT2D eigenvalue weighted by Gasteiger charge is 2.37. The van der Waals surface area contributed by atoms with Crippen molar-refractivity contribution in [2.45, 2.75) is 43.9 Å². The van der Waals surface area contributed by atoms with E-state index in [0.29, 0.717) is 12.8 Å². The SMILES string of the molecule is O=C(O)C[C@H](NC(=O)[C@@H]1CCCCN1C(=O)c1ccc(-c2ccccc2C(F)(F)F)o1)C(=O)CF. The number of benzene rings is 1. The highest BCUT2D eigenvalue weighted by molar-refractivity contribution is 5.98. The van der Waals surface area contributed by atoms with Crippen LogP contribution in [-0.4, -0.2) is 58.9 Å². The Hall–Kier alpha value is -3.70. The first-order valence-corrected chi connectivity index (χ1v) is 10.7. The minimum absolute atomic E-state index is 0.118. The van der Waals surface area contributed by atoms with Gasteiger partial charge in [-0.15, -0.1) is 0 Å². The first-order valence-electron chi connectivity index (χ1n) is 10.7. The van der Waals surface area contributed by atoms with Crippen LogP contribution in [0.5, 0.6) is 0 Å². The molecule has 0 aliphatic carbocycles. The van der Waals surface area contributed by atoms with E-state index in [2.05, 4.69) is 5.32 Å². The summed E-state index contributed by atoms with van der Waals surface area (Å²) in [6.45, 7) is -1.35. The van der Waals surface area contributed by atoms with E-state index in [0.717, 1.165) is 11.0 Å². The van der Waals surface area contributed by atoms with E-state index < -0.39 is 60.5 Å². The van der Waals surface area contributed by atoms with Crippen molar-refractivity contribution in [2.75, 3.05) is 13.2 Å². The van der Waals surface area contributed by atoms with Crippen LogP contribution < -0.4 is 5.32 Å². The number of nitrogens with zero attached hydrogens (tertiary/aromatic N) is 1. The summed E-state index contributed by atoms with van der Waals surface area (Å²) in [5.41, 5.74) is -1.20. The van der Waals surface area contributed by atoms with Crippen molar-refractivity contribution in [3.63, 3.8) is 0 Å². The number of nitrogens with one attached hydrogen (secondary N) is 1. The molecule has 35 heavy (non-hydrogen) atoms. The lowest BCUT2D eigenvalue weighted by atomic mass is 10.00. The molecule has 2 aromatic rings. The average molecular weight is 498 g/mol. The molecule has 1 saturated heterocycles. The second-order valence-corrected chi connectivity index (χ2v) is 7.98. The van der Waals surface area contributed by atoms with Crippen LogP contribution in [0.4, 0.5) is 17.6 Å². The van der Waals surface area contributed by atoms with Gasteiger partial charge in [0.15, 0.2) is 11.5 Å². The summed E-state index contributed by atoms with van der Waals surface area (Å²) in [4.78, 5) is 49.7. The summed E-state index contributed by atoms with van der Waals surface area (Å²) in [5, 5.41) is 11.1. The number of rotatable bonds is 8. The van der Waals surface area contributed by atoms with Gasteiger partial charge in [-0.1, -0.05) is 18.2 Å². The number of likely N-dealkylation sites (tertiary alicyclic amines) is 1. The molecule has 0 bridgehead atoms. The van der Waals surface area contributed by atoms with Gasteiger partial charge in [-0.25, -0.2) is 4.39 Å². The zero-order chi connectivity index (χ0) is 25.8. The summed E-state index contributed by atoms with van der Waals surface area (Å²) >= 11 is 0. The Balaban J connectivity index is 1.82. The van der Waals surface area contributed by atoms with Crippen molar-refractivity contribution < 1.29 is 46.3 Å². The quantitative estimate of drug-likeness (QED) is 0.539. The topological polar surface area (TPSA) is 117 Å². The molecule has 1 fully saturated rings. The predicted molar refractivity (Wildman–Crippen MR) is 113 cm³/mol. The minimum Gasteiger partial charge on any atom is -0.481 e. The molecule has 2 amide bonds. The normalized spacial score (nSPS) is 17.0. The Kier molecular flexibility index (Phi) is 7.92. The van der Waals surface area contributed by atoms with Crippen LogP contribution in [0.25, 0.3) is 11.3 Å². The number of alkyl halides is 4. The fourth-order valence-electron chi connectivity index (χ4n) is 3.91. The Morgan fingerprint density at radius 2 is 1.83 bits per heavy atom. The zero-order valence-electron chi connectivity index (χ0n) is 18.3. The smallest absolute Gasteiger partial charge is 0.417 e. The van der Waals surface area contributed by atoms with Gasteiger partial charge < -0.3 is 19.7 Å². The second-order valence-electron chi connectivity index (χ2n) is 7.98. The maximum atomic E-state index is 13.4. The van der Waals surface area contributed by atoms with Gasteiger partial charge in [-0.2, -0.15) is 13.2 Å². The predicted octanol–water partition coefficient (Wildman–Crippen LogP) is 3.46. The number of carboxylic acids is 1. The van der Waals surface area contributed by atoms with Crippen molar-refractivity contribution in [1.29, 1.82) is 0 Å². The van der Waals surface area contributed by atoms with E-state index in [1.165, 1.54) is 30.3 Å². The van der Waals surface area contributed by atoms with Gasteiger partial charge in [0.2, 0.25) is 5.91 Å². The number of piperidine rings is 1. The fourth-order valence-corrected chi connectivity index (χ4v) is 3.91. The highest BCUT2D eigenvalue weighted by Crippen LogP contribution is 2.37. The monoisotopic (exact) mass is 498 g/mol. The van der Waals surface area contributed by atoms with Crippen molar-refractivity contribution in [3.05, 3.63) is 47.7 Å². The Morgan fingerprint density at radius 1 is 1.11 bits per heavy atom. The summed E-state index contributed by atoms with van der Waals surface area (Å²) in [6, 6.07) is 4.44. The molecular weight excluding hydrogens is 476 g/mol. The summed E-state index contributed by atoms with van der Waals surface area (Å²) in [7, 11) is 0. The summed E-state index contributed by atoms with van der Waals surface area (Å²) < 4.78 is 58.3. The Labute approximate surface area is 196 Å². The molecule has 0 radical (unpaired) electrons. The standard InChI is InChI=1S/C23H22F4N2O6/c24-12-17(30)15(11-20(31)32)28-21(33)16-7-3-4-10-29(16)22(34)19-9-8-18(35-19)13-5-1-2-6-14(13)23(25,26)27/h1-2,5-6,8-9,15-16H,3-4,7,10-12H2,(H,28,33)(H,31,32)/t15-,16-/m0/s1. The van der Waals surface area contributed by atoms with E-state index in [9.17, 15) is 36.7 Å². The Bertz CT molecular complexity index is 1110. The molecule has 1 aliphatic rings. The molecule has 2 heterocycles. The first-order chi connectivity index (χ1) is 16.5. The largest absolute Gasteiger partial charge is 0.481 e. The average Bonchev–Trinajstić information content (AvgIpc) is 3.32. The van der Waals surface area contributed by atoms with E-state index in [4.69, 9.17) is 9.52 Å². The zero-order valence-corrected chi connectivity index (χ0v) is 18.3. The molecule has 0 spiro atoms. The van der Waals surface area contributed by atoms with Crippen molar-refractivity contribution in [3.8, 4) is 11.3 Å². The molecule has 2 atom stereocenters. The maximum Gasteiger partial charge on any atom is 0.417 e. The first kappa shape index (κ1) is 25.9. The number of hydrogen-bond acceptors (Lipinski definition) is 5. The van der Waals surface area contributed by atoms with Crippen molar-refractivity contribution >= 4 is 23.6 Å². The molecule has 8 nitrogen and oxygen atoms in total.